The van der Waals surface area contributed by atoms with E-state index in [0.717, 1.165) is 22.9 Å². The van der Waals surface area contributed by atoms with Crippen molar-refractivity contribution >= 4 is 27.6 Å². The Hall–Kier alpha value is -2.00. The van der Waals surface area contributed by atoms with Gasteiger partial charge in [-0.25, -0.2) is 4.68 Å². The van der Waals surface area contributed by atoms with E-state index < -0.39 is 0 Å². The number of halogens is 1. The molecule has 2 aromatic rings. The Morgan fingerprint density at radius 2 is 2.10 bits per heavy atom. The number of nitrogens with one attached hydrogen (secondary N) is 1. The Kier molecular flexibility index (Phi) is 3.84. The molecule has 0 unspecified atom stereocenters. The van der Waals surface area contributed by atoms with Gasteiger partial charge >= 0.3 is 0 Å². The number of benzene rings is 1. The van der Waals surface area contributed by atoms with Gasteiger partial charge in [-0.15, -0.1) is 0 Å². The summed E-state index contributed by atoms with van der Waals surface area (Å²) in [4.78, 5) is 0. The number of rotatable bonds is 4. The summed E-state index contributed by atoms with van der Waals surface area (Å²) in [7, 11) is 0. The third kappa shape index (κ3) is 2.88. The second-order valence-electron chi connectivity index (χ2n) is 5.28. The Labute approximate surface area is 131 Å². The number of nitrogens with two attached hydrogens (primary N) is 1. The number of nitrogens with zero attached hydrogens (tertiary/aromatic N) is 3. The van der Waals surface area contributed by atoms with Crippen LogP contribution in [0.1, 0.15) is 30.4 Å². The molecule has 0 spiro atoms. The predicted octanol–water partition coefficient (Wildman–Crippen LogP) is 3.11. The van der Waals surface area contributed by atoms with Crippen LogP contribution < -0.4 is 11.1 Å². The van der Waals surface area contributed by atoms with Crippen molar-refractivity contribution in [1.82, 2.24) is 9.78 Å². The van der Waals surface area contributed by atoms with Crippen molar-refractivity contribution in [2.24, 2.45) is 0 Å². The zero-order valence-corrected chi connectivity index (χ0v) is 13.1. The molecule has 1 saturated carbocycles. The minimum Gasteiger partial charge on any atom is -0.383 e. The molecule has 1 aromatic carbocycles. The minimum absolute atomic E-state index is 0.419. The van der Waals surface area contributed by atoms with Gasteiger partial charge in [-0.1, -0.05) is 28.1 Å². The minimum atomic E-state index is 0.419. The van der Waals surface area contributed by atoms with E-state index in [1.54, 1.807) is 4.68 Å². The highest BCUT2D eigenvalue weighted by Gasteiger charge is 2.22. The summed E-state index contributed by atoms with van der Waals surface area (Å²) in [5.74, 6) is 1.03. The maximum Gasteiger partial charge on any atom is 0.168 e. The first-order chi connectivity index (χ1) is 10.2. The summed E-state index contributed by atoms with van der Waals surface area (Å²) in [5.41, 5.74) is 7.59. The molecular formula is C15H16BrN5. The topological polar surface area (TPSA) is 79.7 Å². The van der Waals surface area contributed by atoms with E-state index in [9.17, 15) is 5.26 Å². The Balaban J connectivity index is 1.84. The molecule has 0 amide bonds. The highest BCUT2D eigenvalue weighted by atomic mass is 79.9. The van der Waals surface area contributed by atoms with Gasteiger partial charge in [0.25, 0.3) is 0 Å². The third-order valence-corrected chi connectivity index (χ3v) is 4.32. The van der Waals surface area contributed by atoms with Gasteiger partial charge in [-0.2, -0.15) is 10.4 Å². The van der Waals surface area contributed by atoms with Crippen LogP contribution >= 0.6 is 15.9 Å². The highest BCUT2D eigenvalue weighted by Crippen LogP contribution is 2.27. The van der Waals surface area contributed by atoms with E-state index in [1.807, 2.05) is 24.3 Å². The Morgan fingerprint density at radius 3 is 2.67 bits per heavy atom. The third-order valence-electron chi connectivity index (χ3n) is 3.80. The fourth-order valence-electron chi connectivity index (χ4n) is 2.32. The van der Waals surface area contributed by atoms with Gasteiger partial charge in [0.2, 0.25) is 0 Å². The molecule has 108 valence electrons. The van der Waals surface area contributed by atoms with Gasteiger partial charge in [0.15, 0.2) is 5.82 Å². The van der Waals surface area contributed by atoms with Crippen LogP contribution in [0, 0.1) is 11.3 Å². The quantitative estimate of drug-likeness (QED) is 0.892. The highest BCUT2D eigenvalue weighted by molar-refractivity contribution is 9.10. The van der Waals surface area contributed by atoms with Crippen LogP contribution in [0.4, 0.5) is 11.6 Å². The second kappa shape index (κ2) is 5.78. The van der Waals surface area contributed by atoms with E-state index in [2.05, 4.69) is 32.4 Å². The van der Waals surface area contributed by atoms with Gasteiger partial charge in [0.05, 0.1) is 6.54 Å². The van der Waals surface area contributed by atoms with Crippen molar-refractivity contribution in [3.8, 4) is 6.07 Å². The zero-order valence-electron chi connectivity index (χ0n) is 11.5. The molecule has 0 aliphatic heterocycles. The molecule has 1 heterocycles. The van der Waals surface area contributed by atoms with Crippen LogP contribution in [0.2, 0.25) is 0 Å². The smallest absolute Gasteiger partial charge is 0.168 e. The Bertz CT molecular complexity index is 679. The van der Waals surface area contributed by atoms with E-state index >= 15 is 0 Å². The summed E-state index contributed by atoms with van der Waals surface area (Å²) in [6.45, 7) is 0.556. The van der Waals surface area contributed by atoms with E-state index in [0.29, 0.717) is 29.8 Å². The summed E-state index contributed by atoms with van der Waals surface area (Å²) >= 11 is 3.41. The lowest BCUT2D eigenvalue weighted by Gasteiger charge is -2.26. The molecule has 6 heteroatoms. The van der Waals surface area contributed by atoms with Crippen molar-refractivity contribution in [3.63, 3.8) is 0 Å². The van der Waals surface area contributed by atoms with Crippen LogP contribution in [0.5, 0.6) is 0 Å². The van der Waals surface area contributed by atoms with Gasteiger partial charge in [-0.3, -0.25) is 0 Å². The molecule has 0 saturated heterocycles. The first kappa shape index (κ1) is 14.0. The average molecular weight is 346 g/mol. The number of nitrogen functional groups attached to an aromatic ring is 1. The maximum absolute atomic E-state index is 9.29. The number of hydrogen-bond donors (Lipinski definition) is 2. The molecule has 0 atom stereocenters. The number of hydrogen-bond acceptors (Lipinski definition) is 4. The lowest BCUT2D eigenvalue weighted by atomic mass is 9.93. The summed E-state index contributed by atoms with van der Waals surface area (Å²) in [5, 5.41) is 17.1. The molecule has 5 nitrogen and oxygen atoms in total. The fourth-order valence-corrected chi connectivity index (χ4v) is 2.58. The van der Waals surface area contributed by atoms with Crippen molar-refractivity contribution < 1.29 is 0 Å². The summed E-state index contributed by atoms with van der Waals surface area (Å²) in [6.07, 6.45) is 3.49. The average Bonchev–Trinajstić information content (AvgIpc) is 2.72. The molecule has 3 rings (SSSR count). The van der Waals surface area contributed by atoms with Crippen molar-refractivity contribution in [2.75, 3.05) is 11.1 Å². The second-order valence-corrected chi connectivity index (χ2v) is 6.19. The standard InChI is InChI=1S/C15H16BrN5/c16-11-6-4-10(5-7-11)9-21-14(18)13(8-17)15(20-21)19-12-2-1-3-12/h4-7,12H,1-3,9,18H2,(H,19,20). The lowest BCUT2D eigenvalue weighted by Crippen LogP contribution is -2.27. The first-order valence-electron chi connectivity index (χ1n) is 6.94. The zero-order chi connectivity index (χ0) is 14.8. The van der Waals surface area contributed by atoms with Crippen LogP contribution in [-0.4, -0.2) is 15.8 Å². The summed E-state index contributed by atoms with van der Waals surface area (Å²) < 4.78 is 2.72. The molecule has 0 radical (unpaired) electrons. The largest absolute Gasteiger partial charge is 0.383 e. The molecular weight excluding hydrogens is 330 g/mol. The van der Waals surface area contributed by atoms with Gasteiger partial charge < -0.3 is 11.1 Å². The molecule has 1 aliphatic carbocycles. The summed E-state index contributed by atoms with van der Waals surface area (Å²) in [6, 6.07) is 10.6. The normalized spacial score (nSPS) is 14.5. The molecule has 21 heavy (non-hydrogen) atoms. The number of nitriles is 1. The molecule has 3 N–H and O–H groups in total. The van der Waals surface area contributed by atoms with Crippen molar-refractivity contribution in [3.05, 3.63) is 39.9 Å². The van der Waals surface area contributed by atoms with E-state index in [4.69, 9.17) is 5.73 Å². The SMILES string of the molecule is N#Cc1c(NC2CCC2)nn(Cc2ccc(Br)cc2)c1N. The number of aromatic nitrogens is 2. The van der Waals surface area contributed by atoms with E-state index in [1.165, 1.54) is 6.42 Å². The first-order valence-corrected chi connectivity index (χ1v) is 7.74. The Morgan fingerprint density at radius 1 is 1.38 bits per heavy atom. The van der Waals surface area contributed by atoms with Crippen molar-refractivity contribution in [1.29, 1.82) is 5.26 Å². The van der Waals surface area contributed by atoms with Crippen molar-refractivity contribution in [2.45, 2.75) is 31.8 Å². The van der Waals surface area contributed by atoms with E-state index in [-0.39, 0.29) is 0 Å². The molecule has 0 bridgehead atoms. The van der Waals surface area contributed by atoms with Gasteiger partial charge in [0, 0.05) is 10.5 Å². The number of anilines is 2. The predicted molar refractivity (Wildman–Crippen MR) is 85.9 cm³/mol. The van der Waals surface area contributed by atoms with Crippen LogP contribution in [-0.2, 0) is 6.54 Å². The van der Waals surface area contributed by atoms with Crippen LogP contribution in [0.25, 0.3) is 0 Å². The van der Waals surface area contributed by atoms with Crippen LogP contribution in [0.3, 0.4) is 0 Å². The molecule has 1 fully saturated rings. The van der Waals surface area contributed by atoms with Crippen LogP contribution in [0.15, 0.2) is 28.7 Å². The lowest BCUT2D eigenvalue weighted by molar-refractivity contribution is 0.443. The molecule has 1 aliphatic rings. The fraction of sp³-hybridized carbons (Fsp3) is 0.333. The van der Waals surface area contributed by atoms with Gasteiger partial charge in [-0.05, 0) is 37.0 Å². The van der Waals surface area contributed by atoms with Gasteiger partial charge in [0.1, 0.15) is 17.5 Å². The molecule has 1 aromatic heterocycles. The monoisotopic (exact) mass is 345 g/mol. The maximum atomic E-state index is 9.29.